The fourth-order valence-electron chi connectivity index (χ4n) is 1.91. The summed E-state index contributed by atoms with van der Waals surface area (Å²) in [6.07, 6.45) is 2.33. The van der Waals surface area contributed by atoms with Crippen LogP contribution in [-0.2, 0) is 4.79 Å². The third-order valence-corrected chi connectivity index (χ3v) is 3.19. The monoisotopic (exact) mass is 304 g/mol. The third-order valence-electron chi connectivity index (χ3n) is 3.19. The summed E-state index contributed by atoms with van der Waals surface area (Å²) in [5.41, 5.74) is 1.35. The van der Waals surface area contributed by atoms with Gasteiger partial charge in [0.1, 0.15) is 24.2 Å². The highest BCUT2D eigenvalue weighted by Gasteiger charge is 2.20. The highest BCUT2D eigenvalue weighted by Crippen LogP contribution is 2.26. The molecule has 0 bridgehead atoms. The molecule has 2 rings (SSSR count). The number of hydrogen-bond donors (Lipinski definition) is 1. The number of carbonyl (C=O) groups excluding carboxylic acids is 1. The van der Waals surface area contributed by atoms with Gasteiger partial charge in [0.05, 0.1) is 17.7 Å². The molecule has 0 radical (unpaired) electrons. The first-order chi connectivity index (χ1) is 10.4. The number of amides is 1. The summed E-state index contributed by atoms with van der Waals surface area (Å²) in [5, 5.41) is 17.2. The summed E-state index contributed by atoms with van der Waals surface area (Å²) in [6, 6.07) is 4.72. The van der Waals surface area contributed by atoms with E-state index < -0.39 is 11.0 Å². The molecule has 0 aliphatic rings. The Morgan fingerprint density at radius 3 is 2.82 bits per heavy atom. The standard InChI is InChI=1S/C14H16N4O4/c1-9-4-5-13(22-3)12(6-9)16-14(19)10(2)17-8-11(7-15-17)18(20)21/h4-8,10H,1-3H3,(H,16,19)/t10-/m1/s1. The number of benzene rings is 1. The van der Waals surface area contributed by atoms with Crippen LogP contribution < -0.4 is 10.1 Å². The van der Waals surface area contributed by atoms with Gasteiger partial charge in [0.15, 0.2) is 0 Å². The Morgan fingerprint density at radius 2 is 2.23 bits per heavy atom. The van der Waals surface area contributed by atoms with E-state index in [4.69, 9.17) is 4.74 Å². The van der Waals surface area contributed by atoms with E-state index in [1.54, 1.807) is 19.1 Å². The van der Waals surface area contributed by atoms with Gasteiger partial charge in [0.2, 0.25) is 5.91 Å². The summed E-state index contributed by atoms with van der Waals surface area (Å²) in [4.78, 5) is 22.4. The first-order valence-corrected chi connectivity index (χ1v) is 6.56. The lowest BCUT2D eigenvalue weighted by atomic mass is 10.2. The minimum absolute atomic E-state index is 0.159. The van der Waals surface area contributed by atoms with E-state index in [0.29, 0.717) is 11.4 Å². The topological polar surface area (TPSA) is 99.3 Å². The largest absolute Gasteiger partial charge is 0.495 e. The number of hydrogen-bond acceptors (Lipinski definition) is 5. The van der Waals surface area contributed by atoms with Gasteiger partial charge in [0.25, 0.3) is 0 Å². The van der Waals surface area contributed by atoms with E-state index in [-0.39, 0.29) is 11.6 Å². The van der Waals surface area contributed by atoms with Gasteiger partial charge in [-0.15, -0.1) is 0 Å². The van der Waals surface area contributed by atoms with Crippen molar-refractivity contribution in [2.75, 3.05) is 12.4 Å². The molecule has 0 saturated carbocycles. The second kappa shape index (κ2) is 6.25. The number of nitro groups is 1. The molecule has 1 aromatic heterocycles. The maximum atomic E-state index is 12.3. The van der Waals surface area contributed by atoms with Gasteiger partial charge in [0, 0.05) is 0 Å². The number of methoxy groups -OCH3 is 1. The number of rotatable bonds is 5. The summed E-state index contributed by atoms with van der Waals surface area (Å²) in [6.45, 7) is 3.50. The molecular weight excluding hydrogens is 288 g/mol. The van der Waals surface area contributed by atoms with Crippen molar-refractivity contribution in [3.8, 4) is 5.75 Å². The fraction of sp³-hybridized carbons (Fsp3) is 0.286. The van der Waals surface area contributed by atoms with Gasteiger partial charge < -0.3 is 10.1 Å². The van der Waals surface area contributed by atoms with E-state index in [9.17, 15) is 14.9 Å². The van der Waals surface area contributed by atoms with Gasteiger partial charge in [-0.2, -0.15) is 5.10 Å². The normalized spacial score (nSPS) is 11.8. The van der Waals surface area contributed by atoms with Crippen molar-refractivity contribution in [3.63, 3.8) is 0 Å². The molecule has 22 heavy (non-hydrogen) atoms. The smallest absolute Gasteiger partial charge is 0.307 e. The highest BCUT2D eigenvalue weighted by molar-refractivity contribution is 5.94. The Morgan fingerprint density at radius 1 is 1.50 bits per heavy atom. The molecular formula is C14H16N4O4. The lowest BCUT2D eigenvalue weighted by molar-refractivity contribution is -0.385. The average molecular weight is 304 g/mol. The first kappa shape index (κ1) is 15.5. The lowest BCUT2D eigenvalue weighted by Gasteiger charge is -2.15. The number of anilines is 1. The minimum atomic E-state index is -0.695. The van der Waals surface area contributed by atoms with Crippen molar-refractivity contribution in [2.24, 2.45) is 0 Å². The summed E-state index contributed by atoms with van der Waals surface area (Å²) in [5.74, 6) is 0.194. The van der Waals surface area contributed by atoms with Gasteiger partial charge in [-0.3, -0.25) is 19.6 Å². The Bertz CT molecular complexity index is 711. The second-order valence-electron chi connectivity index (χ2n) is 4.80. The van der Waals surface area contributed by atoms with Crippen LogP contribution in [0.4, 0.5) is 11.4 Å². The molecule has 1 amide bonds. The number of aromatic nitrogens is 2. The molecule has 116 valence electrons. The van der Waals surface area contributed by atoms with Crippen LogP contribution in [0.25, 0.3) is 0 Å². The van der Waals surface area contributed by atoms with Crippen LogP contribution in [0.5, 0.6) is 5.75 Å². The first-order valence-electron chi connectivity index (χ1n) is 6.56. The Balaban J connectivity index is 2.17. The molecule has 1 aromatic carbocycles. The molecule has 0 fully saturated rings. The Hall–Kier alpha value is -2.90. The van der Waals surface area contributed by atoms with E-state index in [1.165, 1.54) is 18.0 Å². The number of nitrogens with one attached hydrogen (secondary N) is 1. The van der Waals surface area contributed by atoms with Crippen LogP contribution in [0.2, 0.25) is 0 Å². The number of aryl methyl sites for hydroxylation is 1. The van der Waals surface area contributed by atoms with E-state index in [0.717, 1.165) is 11.8 Å². The van der Waals surface area contributed by atoms with Crippen LogP contribution in [0.15, 0.2) is 30.6 Å². The summed E-state index contributed by atoms with van der Waals surface area (Å²) < 4.78 is 6.44. The van der Waals surface area contributed by atoms with Crippen molar-refractivity contribution < 1.29 is 14.5 Å². The molecule has 0 spiro atoms. The zero-order chi connectivity index (χ0) is 16.3. The van der Waals surface area contributed by atoms with Crippen LogP contribution in [0.3, 0.4) is 0 Å². The molecule has 8 heteroatoms. The fourth-order valence-corrected chi connectivity index (χ4v) is 1.91. The molecule has 1 N–H and O–H groups in total. The van der Waals surface area contributed by atoms with E-state index in [1.807, 2.05) is 13.0 Å². The quantitative estimate of drug-likeness (QED) is 0.675. The van der Waals surface area contributed by atoms with Gasteiger partial charge >= 0.3 is 5.69 Å². The second-order valence-corrected chi connectivity index (χ2v) is 4.80. The average Bonchev–Trinajstić information content (AvgIpc) is 2.96. The maximum absolute atomic E-state index is 12.3. The molecule has 2 aromatic rings. The SMILES string of the molecule is COc1ccc(C)cc1NC(=O)[C@@H](C)n1cc([N+](=O)[O-])cn1. The van der Waals surface area contributed by atoms with E-state index >= 15 is 0 Å². The van der Waals surface area contributed by atoms with Gasteiger partial charge in [-0.1, -0.05) is 6.07 Å². The molecule has 0 aliphatic carbocycles. The highest BCUT2D eigenvalue weighted by atomic mass is 16.6. The summed E-state index contributed by atoms with van der Waals surface area (Å²) in [7, 11) is 1.51. The molecule has 0 aliphatic heterocycles. The predicted molar refractivity (Wildman–Crippen MR) is 80.0 cm³/mol. The number of nitrogens with zero attached hydrogens (tertiary/aromatic N) is 3. The summed E-state index contributed by atoms with van der Waals surface area (Å²) >= 11 is 0. The Kier molecular flexibility index (Phi) is 4.40. The van der Waals surface area contributed by atoms with Crippen LogP contribution in [0.1, 0.15) is 18.5 Å². The van der Waals surface area contributed by atoms with E-state index in [2.05, 4.69) is 10.4 Å². The van der Waals surface area contributed by atoms with Crippen molar-refractivity contribution >= 4 is 17.3 Å². The van der Waals surface area contributed by atoms with Crippen LogP contribution >= 0.6 is 0 Å². The van der Waals surface area contributed by atoms with Gasteiger partial charge in [-0.05, 0) is 31.5 Å². The zero-order valence-corrected chi connectivity index (χ0v) is 12.4. The lowest BCUT2D eigenvalue weighted by Crippen LogP contribution is -2.24. The number of carbonyl (C=O) groups is 1. The maximum Gasteiger partial charge on any atom is 0.307 e. The van der Waals surface area contributed by atoms with Crippen molar-refractivity contribution in [1.82, 2.24) is 9.78 Å². The van der Waals surface area contributed by atoms with Crippen molar-refractivity contribution in [2.45, 2.75) is 19.9 Å². The zero-order valence-electron chi connectivity index (χ0n) is 12.4. The molecule has 0 unspecified atom stereocenters. The molecule has 1 atom stereocenters. The minimum Gasteiger partial charge on any atom is -0.495 e. The Labute approximate surface area is 126 Å². The third kappa shape index (κ3) is 3.22. The van der Waals surface area contributed by atoms with Crippen molar-refractivity contribution in [1.29, 1.82) is 0 Å². The van der Waals surface area contributed by atoms with Crippen molar-refractivity contribution in [3.05, 3.63) is 46.3 Å². The van der Waals surface area contributed by atoms with Crippen LogP contribution in [-0.4, -0.2) is 27.7 Å². The predicted octanol–water partition coefficient (Wildman–Crippen LogP) is 2.31. The molecule has 1 heterocycles. The van der Waals surface area contributed by atoms with Gasteiger partial charge in [-0.25, -0.2) is 0 Å². The van der Waals surface area contributed by atoms with Crippen LogP contribution in [0, 0.1) is 17.0 Å². The number of ether oxygens (including phenoxy) is 1. The molecule has 0 saturated heterocycles. The molecule has 8 nitrogen and oxygen atoms in total.